The SMILES string of the molecule is CCCCCN(C)c1ccc(I)cc1N. The standard InChI is InChI=1S/C12H19IN2/c1-3-4-5-8-15(2)12-7-6-10(13)9-11(12)14/h6-7,9H,3-5,8,14H2,1-2H3. The summed E-state index contributed by atoms with van der Waals surface area (Å²) in [6.45, 7) is 3.30. The molecule has 0 saturated heterocycles. The molecule has 0 aliphatic rings. The van der Waals surface area contributed by atoms with Crippen LogP contribution in [0.15, 0.2) is 18.2 Å². The number of hydrogen-bond acceptors (Lipinski definition) is 2. The van der Waals surface area contributed by atoms with E-state index < -0.39 is 0 Å². The fourth-order valence-corrected chi connectivity index (χ4v) is 2.11. The third-order valence-electron chi connectivity index (χ3n) is 2.50. The first-order chi connectivity index (χ1) is 7.15. The Hall–Kier alpha value is -0.450. The van der Waals surface area contributed by atoms with Crippen molar-refractivity contribution >= 4 is 34.0 Å². The summed E-state index contributed by atoms with van der Waals surface area (Å²) in [4.78, 5) is 2.24. The minimum Gasteiger partial charge on any atom is -0.397 e. The number of anilines is 2. The quantitative estimate of drug-likeness (QED) is 0.511. The Bertz CT molecular complexity index is 312. The third-order valence-corrected chi connectivity index (χ3v) is 3.17. The lowest BCUT2D eigenvalue weighted by Crippen LogP contribution is -2.19. The fourth-order valence-electron chi connectivity index (χ4n) is 1.59. The van der Waals surface area contributed by atoms with Gasteiger partial charge in [0.25, 0.3) is 0 Å². The molecule has 0 radical (unpaired) electrons. The van der Waals surface area contributed by atoms with E-state index in [4.69, 9.17) is 5.73 Å². The first-order valence-electron chi connectivity index (χ1n) is 5.41. The lowest BCUT2D eigenvalue weighted by Gasteiger charge is -2.21. The molecule has 0 aliphatic heterocycles. The predicted molar refractivity (Wildman–Crippen MR) is 76.4 cm³/mol. The van der Waals surface area contributed by atoms with Crippen molar-refractivity contribution in [2.24, 2.45) is 0 Å². The van der Waals surface area contributed by atoms with Crippen LogP contribution >= 0.6 is 22.6 Å². The summed E-state index contributed by atoms with van der Waals surface area (Å²) in [7, 11) is 2.11. The van der Waals surface area contributed by atoms with Gasteiger partial charge in [-0.1, -0.05) is 19.8 Å². The van der Waals surface area contributed by atoms with Crippen molar-refractivity contribution in [3.8, 4) is 0 Å². The molecule has 2 nitrogen and oxygen atoms in total. The van der Waals surface area contributed by atoms with E-state index >= 15 is 0 Å². The van der Waals surface area contributed by atoms with Crippen molar-refractivity contribution in [3.05, 3.63) is 21.8 Å². The van der Waals surface area contributed by atoms with E-state index in [2.05, 4.69) is 53.6 Å². The maximum Gasteiger partial charge on any atom is 0.0598 e. The van der Waals surface area contributed by atoms with E-state index in [1.165, 1.54) is 22.8 Å². The highest BCUT2D eigenvalue weighted by Crippen LogP contribution is 2.24. The van der Waals surface area contributed by atoms with Crippen LogP contribution < -0.4 is 10.6 Å². The molecule has 2 N–H and O–H groups in total. The number of nitrogens with two attached hydrogens (primary N) is 1. The van der Waals surface area contributed by atoms with Gasteiger partial charge in [0.1, 0.15) is 0 Å². The Morgan fingerprint density at radius 2 is 2.07 bits per heavy atom. The molecule has 0 unspecified atom stereocenters. The van der Waals surface area contributed by atoms with Crippen molar-refractivity contribution in [2.75, 3.05) is 24.2 Å². The lowest BCUT2D eigenvalue weighted by molar-refractivity contribution is 0.705. The van der Waals surface area contributed by atoms with Gasteiger partial charge in [-0.25, -0.2) is 0 Å². The lowest BCUT2D eigenvalue weighted by atomic mass is 10.2. The van der Waals surface area contributed by atoms with Crippen LogP contribution in [0.3, 0.4) is 0 Å². The molecule has 0 fully saturated rings. The molecule has 1 rings (SSSR count). The molecule has 0 bridgehead atoms. The van der Waals surface area contributed by atoms with Crippen LogP contribution in [0, 0.1) is 3.57 Å². The number of benzene rings is 1. The number of unbranched alkanes of at least 4 members (excludes halogenated alkanes) is 2. The number of halogens is 1. The molecule has 1 aromatic rings. The second-order valence-electron chi connectivity index (χ2n) is 3.83. The van der Waals surface area contributed by atoms with Gasteiger partial charge < -0.3 is 10.6 Å². The van der Waals surface area contributed by atoms with Crippen LogP contribution in [0.2, 0.25) is 0 Å². The van der Waals surface area contributed by atoms with Crippen LogP contribution in [0.1, 0.15) is 26.2 Å². The Kier molecular flexibility index (Phi) is 5.22. The fraction of sp³-hybridized carbons (Fsp3) is 0.500. The van der Waals surface area contributed by atoms with Gasteiger partial charge in [0, 0.05) is 17.2 Å². The Morgan fingerprint density at radius 3 is 2.67 bits per heavy atom. The van der Waals surface area contributed by atoms with E-state index in [9.17, 15) is 0 Å². The topological polar surface area (TPSA) is 29.3 Å². The van der Waals surface area contributed by atoms with Gasteiger partial charge in [0.2, 0.25) is 0 Å². The van der Waals surface area contributed by atoms with Gasteiger partial charge in [-0.2, -0.15) is 0 Å². The molecule has 1 aromatic carbocycles. The minimum absolute atomic E-state index is 0.876. The summed E-state index contributed by atoms with van der Waals surface area (Å²) in [5.41, 5.74) is 8.00. The predicted octanol–water partition coefficient (Wildman–Crippen LogP) is 3.50. The Labute approximate surface area is 106 Å². The summed E-state index contributed by atoms with van der Waals surface area (Å²) in [6, 6.07) is 6.22. The van der Waals surface area contributed by atoms with Crippen molar-refractivity contribution in [1.29, 1.82) is 0 Å². The molecule has 0 saturated carbocycles. The summed E-state index contributed by atoms with van der Waals surface area (Å²) in [5, 5.41) is 0. The van der Waals surface area contributed by atoms with Gasteiger partial charge in [-0.3, -0.25) is 0 Å². The largest absolute Gasteiger partial charge is 0.397 e. The van der Waals surface area contributed by atoms with Crippen molar-refractivity contribution in [1.82, 2.24) is 0 Å². The van der Waals surface area contributed by atoms with Gasteiger partial charge in [0.15, 0.2) is 0 Å². The van der Waals surface area contributed by atoms with E-state index in [1.807, 2.05) is 6.07 Å². The monoisotopic (exact) mass is 318 g/mol. The van der Waals surface area contributed by atoms with Crippen LogP contribution in [-0.4, -0.2) is 13.6 Å². The molecule has 0 aliphatic carbocycles. The van der Waals surface area contributed by atoms with Crippen molar-refractivity contribution in [2.45, 2.75) is 26.2 Å². The maximum atomic E-state index is 5.98. The number of hydrogen-bond donors (Lipinski definition) is 1. The average molecular weight is 318 g/mol. The molecule has 15 heavy (non-hydrogen) atoms. The highest BCUT2D eigenvalue weighted by molar-refractivity contribution is 14.1. The highest BCUT2D eigenvalue weighted by atomic mass is 127. The zero-order valence-corrected chi connectivity index (χ0v) is 11.6. The second kappa shape index (κ2) is 6.20. The van der Waals surface area contributed by atoms with Crippen LogP contribution in [0.5, 0.6) is 0 Å². The molecule has 0 heterocycles. The second-order valence-corrected chi connectivity index (χ2v) is 5.08. The van der Waals surface area contributed by atoms with Gasteiger partial charge in [-0.05, 0) is 47.2 Å². The molecular formula is C12H19IN2. The minimum atomic E-state index is 0.876. The van der Waals surface area contributed by atoms with E-state index in [0.29, 0.717) is 0 Å². The molecule has 0 aromatic heterocycles. The average Bonchev–Trinajstić information content (AvgIpc) is 2.17. The number of nitrogens with zero attached hydrogens (tertiary/aromatic N) is 1. The van der Waals surface area contributed by atoms with Crippen LogP contribution in [-0.2, 0) is 0 Å². The first kappa shape index (κ1) is 12.6. The van der Waals surface area contributed by atoms with E-state index in [0.717, 1.165) is 17.9 Å². The van der Waals surface area contributed by atoms with Gasteiger partial charge in [-0.15, -0.1) is 0 Å². The Balaban J connectivity index is 2.61. The zero-order chi connectivity index (χ0) is 11.3. The maximum absolute atomic E-state index is 5.98. The number of nitrogen functional groups attached to an aromatic ring is 1. The molecular weight excluding hydrogens is 299 g/mol. The molecule has 0 spiro atoms. The first-order valence-corrected chi connectivity index (χ1v) is 6.49. The van der Waals surface area contributed by atoms with Gasteiger partial charge >= 0.3 is 0 Å². The molecule has 0 atom stereocenters. The number of rotatable bonds is 5. The van der Waals surface area contributed by atoms with E-state index in [-0.39, 0.29) is 0 Å². The molecule has 0 amide bonds. The summed E-state index contributed by atoms with van der Waals surface area (Å²) in [6.07, 6.45) is 3.78. The highest BCUT2D eigenvalue weighted by Gasteiger charge is 2.04. The third kappa shape index (κ3) is 3.89. The summed E-state index contributed by atoms with van der Waals surface area (Å²) < 4.78 is 1.19. The normalized spacial score (nSPS) is 10.3. The zero-order valence-electron chi connectivity index (χ0n) is 9.46. The van der Waals surface area contributed by atoms with E-state index in [1.54, 1.807) is 0 Å². The smallest absolute Gasteiger partial charge is 0.0598 e. The van der Waals surface area contributed by atoms with Gasteiger partial charge in [0.05, 0.1) is 11.4 Å². The van der Waals surface area contributed by atoms with Crippen LogP contribution in [0.4, 0.5) is 11.4 Å². The van der Waals surface area contributed by atoms with Crippen molar-refractivity contribution < 1.29 is 0 Å². The van der Waals surface area contributed by atoms with Crippen molar-refractivity contribution in [3.63, 3.8) is 0 Å². The molecule has 84 valence electrons. The summed E-state index contributed by atoms with van der Waals surface area (Å²) >= 11 is 2.28. The Morgan fingerprint density at radius 1 is 1.33 bits per heavy atom. The molecule has 3 heteroatoms. The van der Waals surface area contributed by atoms with Crippen LogP contribution in [0.25, 0.3) is 0 Å². The summed E-state index contributed by atoms with van der Waals surface area (Å²) in [5.74, 6) is 0.